The van der Waals surface area contributed by atoms with E-state index in [1.54, 1.807) is 0 Å². The molecule has 0 bridgehead atoms. The van der Waals surface area contributed by atoms with Gasteiger partial charge in [-0.1, -0.05) is 19.1 Å². The van der Waals surface area contributed by atoms with E-state index in [0.29, 0.717) is 5.92 Å². The molecule has 1 atom stereocenters. The van der Waals surface area contributed by atoms with Crippen LogP contribution in [0.3, 0.4) is 0 Å². The van der Waals surface area contributed by atoms with Gasteiger partial charge in [-0.2, -0.15) is 0 Å². The third-order valence-corrected chi connectivity index (χ3v) is 2.80. The van der Waals surface area contributed by atoms with Gasteiger partial charge >= 0.3 is 0 Å². The SMILES string of the molecule is CC(Cc1ccc(N)cc1)c1ccncc1. The molecule has 0 amide bonds. The summed E-state index contributed by atoms with van der Waals surface area (Å²) in [5.41, 5.74) is 9.12. The molecule has 0 aliphatic carbocycles. The van der Waals surface area contributed by atoms with Gasteiger partial charge < -0.3 is 5.73 Å². The van der Waals surface area contributed by atoms with E-state index in [0.717, 1.165) is 12.1 Å². The maximum Gasteiger partial charge on any atom is 0.0314 e. The predicted octanol–water partition coefficient (Wildman–Crippen LogP) is 3.01. The first-order valence-corrected chi connectivity index (χ1v) is 5.50. The molecule has 2 heteroatoms. The second-order valence-electron chi connectivity index (χ2n) is 4.13. The largest absolute Gasteiger partial charge is 0.399 e. The van der Waals surface area contributed by atoms with Crippen LogP contribution < -0.4 is 5.73 Å². The van der Waals surface area contributed by atoms with Crippen molar-refractivity contribution in [2.75, 3.05) is 5.73 Å². The average molecular weight is 212 g/mol. The van der Waals surface area contributed by atoms with Crippen LogP contribution in [0.2, 0.25) is 0 Å². The first-order valence-electron chi connectivity index (χ1n) is 5.50. The molecule has 0 saturated carbocycles. The highest BCUT2D eigenvalue weighted by Gasteiger charge is 2.05. The van der Waals surface area contributed by atoms with Gasteiger partial charge in [0.25, 0.3) is 0 Å². The Morgan fingerprint density at radius 3 is 2.31 bits per heavy atom. The van der Waals surface area contributed by atoms with Crippen molar-refractivity contribution in [2.45, 2.75) is 19.3 Å². The van der Waals surface area contributed by atoms with E-state index in [4.69, 9.17) is 5.73 Å². The number of rotatable bonds is 3. The van der Waals surface area contributed by atoms with Gasteiger partial charge in [0, 0.05) is 18.1 Å². The van der Waals surface area contributed by atoms with Crippen molar-refractivity contribution >= 4 is 5.69 Å². The van der Waals surface area contributed by atoms with Crippen molar-refractivity contribution in [2.24, 2.45) is 0 Å². The minimum atomic E-state index is 0.506. The molecule has 2 nitrogen and oxygen atoms in total. The Bertz CT molecular complexity index is 434. The minimum Gasteiger partial charge on any atom is -0.399 e. The summed E-state index contributed by atoms with van der Waals surface area (Å²) in [6, 6.07) is 12.2. The first kappa shape index (κ1) is 10.7. The molecule has 0 radical (unpaired) electrons. The predicted molar refractivity (Wildman–Crippen MR) is 67.2 cm³/mol. The van der Waals surface area contributed by atoms with Crippen LogP contribution in [0.15, 0.2) is 48.8 Å². The zero-order valence-electron chi connectivity index (χ0n) is 9.43. The molecule has 2 rings (SSSR count). The van der Waals surface area contributed by atoms with Crippen LogP contribution in [0.5, 0.6) is 0 Å². The van der Waals surface area contributed by atoms with Crippen molar-refractivity contribution < 1.29 is 0 Å². The van der Waals surface area contributed by atoms with Crippen molar-refractivity contribution in [1.29, 1.82) is 0 Å². The number of aromatic nitrogens is 1. The number of nitrogen functional groups attached to an aromatic ring is 1. The summed E-state index contributed by atoms with van der Waals surface area (Å²) in [6.07, 6.45) is 4.72. The van der Waals surface area contributed by atoms with Crippen molar-refractivity contribution in [1.82, 2.24) is 4.98 Å². The summed E-state index contributed by atoms with van der Waals surface area (Å²) in [6.45, 7) is 2.23. The molecule has 2 aromatic rings. The van der Waals surface area contributed by atoms with Gasteiger partial charge in [0.1, 0.15) is 0 Å². The maximum atomic E-state index is 5.66. The average Bonchev–Trinajstić information content (AvgIpc) is 2.33. The Balaban J connectivity index is 2.08. The van der Waals surface area contributed by atoms with Gasteiger partial charge in [0.2, 0.25) is 0 Å². The lowest BCUT2D eigenvalue weighted by molar-refractivity contribution is 0.757. The van der Waals surface area contributed by atoms with Crippen LogP contribution in [-0.2, 0) is 6.42 Å². The summed E-state index contributed by atoms with van der Waals surface area (Å²) < 4.78 is 0. The normalized spacial score (nSPS) is 12.3. The van der Waals surface area contributed by atoms with Crippen LogP contribution >= 0.6 is 0 Å². The Morgan fingerprint density at radius 2 is 1.69 bits per heavy atom. The summed E-state index contributed by atoms with van der Waals surface area (Å²) in [4.78, 5) is 4.03. The van der Waals surface area contributed by atoms with Crippen molar-refractivity contribution in [3.63, 3.8) is 0 Å². The fraction of sp³-hybridized carbons (Fsp3) is 0.214. The summed E-state index contributed by atoms with van der Waals surface area (Å²) in [5.74, 6) is 0.506. The highest BCUT2D eigenvalue weighted by Crippen LogP contribution is 2.20. The minimum absolute atomic E-state index is 0.506. The molecule has 1 unspecified atom stereocenters. The molecule has 16 heavy (non-hydrogen) atoms. The van der Waals surface area contributed by atoms with E-state index in [2.05, 4.69) is 36.2 Å². The van der Waals surface area contributed by atoms with E-state index in [9.17, 15) is 0 Å². The highest BCUT2D eigenvalue weighted by atomic mass is 14.6. The van der Waals surface area contributed by atoms with Gasteiger partial charge in [-0.15, -0.1) is 0 Å². The second kappa shape index (κ2) is 4.79. The number of pyridine rings is 1. The molecule has 0 fully saturated rings. The Morgan fingerprint density at radius 1 is 1.06 bits per heavy atom. The smallest absolute Gasteiger partial charge is 0.0314 e. The van der Waals surface area contributed by atoms with Crippen molar-refractivity contribution in [3.05, 3.63) is 59.9 Å². The van der Waals surface area contributed by atoms with Gasteiger partial charge in [0.05, 0.1) is 0 Å². The third-order valence-electron chi connectivity index (χ3n) is 2.80. The number of nitrogens with two attached hydrogens (primary N) is 1. The number of benzene rings is 1. The number of nitrogens with zero attached hydrogens (tertiary/aromatic N) is 1. The Kier molecular flexibility index (Phi) is 3.20. The molecule has 82 valence electrons. The topological polar surface area (TPSA) is 38.9 Å². The van der Waals surface area contributed by atoms with Crippen LogP contribution in [0, 0.1) is 0 Å². The lowest BCUT2D eigenvalue weighted by Crippen LogP contribution is -1.98. The Hall–Kier alpha value is -1.83. The molecule has 0 aliphatic rings. The lowest BCUT2D eigenvalue weighted by atomic mass is 9.94. The summed E-state index contributed by atoms with van der Waals surface area (Å²) in [7, 11) is 0. The zero-order chi connectivity index (χ0) is 11.4. The Labute approximate surface area is 96.1 Å². The van der Waals surface area contributed by atoms with E-state index in [1.165, 1.54) is 11.1 Å². The fourth-order valence-electron chi connectivity index (χ4n) is 1.82. The molecule has 1 aromatic carbocycles. The monoisotopic (exact) mass is 212 g/mol. The molecule has 1 heterocycles. The van der Waals surface area contributed by atoms with Gasteiger partial charge in [-0.25, -0.2) is 0 Å². The molecule has 0 spiro atoms. The van der Waals surface area contributed by atoms with Crippen molar-refractivity contribution in [3.8, 4) is 0 Å². The zero-order valence-corrected chi connectivity index (χ0v) is 9.43. The maximum absolute atomic E-state index is 5.66. The number of anilines is 1. The summed E-state index contributed by atoms with van der Waals surface area (Å²) >= 11 is 0. The van der Waals surface area contributed by atoms with Crippen LogP contribution in [-0.4, -0.2) is 4.98 Å². The quantitative estimate of drug-likeness (QED) is 0.794. The first-order chi connectivity index (χ1) is 7.75. The van der Waals surface area contributed by atoms with Crippen LogP contribution in [0.25, 0.3) is 0 Å². The van der Waals surface area contributed by atoms with Gasteiger partial charge in [0.15, 0.2) is 0 Å². The van der Waals surface area contributed by atoms with Crippen LogP contribution in [0.4, 0.5) is 5.69 Å². The fourth-order valence-corrected chi connectivity index (χ4v) is 1.82. The molecule has 2 N–H and O–H groups in total. The van der Waals surface area contributed by atoms with Crippen LogP contribution in [0.1, 0.15) is 24.0 Å². The van der Waals surface area contributed by atoms with E-state index >= 15 is 0 Å². The van der Waals surface area contributed by atoms with E-state index in [-0.39, 0.29) is 0 Å². The highest BCUT2D eigenvalue weighted by molar-refractivity contribution is 5.39. The molecule has 0 saturated heterocycles. The third kappa shape index (κ3) is 2.60. The number of hydrogen-bond donors (Lipinski definition) is 1. The summed E-state index contributed by atoms with van der Waals surface area (Å²) in [5, 5.41) is 0. The van der Waals surface area contributed by atoms with Gasteiger partial charge in [-0.05, 0) is 47.7 Å². The molecular weight excluding hydrogens is 196 g/mol. The number of hydrogen-bond acceptors (Lipinski definition) is 2. The molecule has 1 aromatic heterocycles. The lowest BCUT2D eigenvalue weighted by Gasteiger charge is -2.11. The van der Waals surface area contributed by atoms with E-state index < -0.39 is 0 Å². The van der Waals surface area contributed by atoms with Gasteiger partial charge in [-0.3, -0.25) is 4.98 Å². The molecule has 0 aliphatic heterocycles. The second-order valence-corrected chi connectivity index (χ2v) is 4.13. The standard InChI is InChI=1S/C14H16N2/c1-11(13-6-8-16-9-7-13)10-12-2-4-14(15)5-3-12/h2-9,11H,10,15H2,1H3. The molecular formula is C14H16N2. The van der Waals surface area contributed by atoms with E-state index in [1.807, 2.05) is 24.5 Å².